The second kappa shape index (κ2) is 13.3. The van der Waals surface area contributed by atoms with E-state index < -0.39 is 19.2 Å². The molecular formula is C38H40O2SSi. The molecule has 1 unspecified atom stereocenters. The van der Waals surface area contributed by atoms with Gasteiger partial charge in [0.1, 0.15) is 0 Å². The zero-order chi connectivity index (χ0) is 29.5. The van der Waals surface area contributed by atoms with Crippen LogP contribution in [-0.4, -0.2) is 31.9 Å². The Bertz CT molecular complexity index is 1370. The number of rotatable bonds is 11. The molecule has 0 spiro atoms. The van der Waals surface area contributed by atoms with Gasteiger partial charge in [-0.25, -0.2) is 0 Å². The molecule has 0 aliphatic carbocycles. The largest absolute Gasteiger partial charge is 0.405 e. The minimum atomic E-state index is -2.75. The van der Waals surface area contributed by atoms with Crippen molar-refractivity contribution in [2.45, 2.75) is 36.7 Å². The molecule has 5 aromatic carbocycles. The third-order valence-corrected chi connectivity index (χ3v) is 14.6. The molecule has 0 aliphatic heterocycles. The summed E-state index contributed by atoms with van der Waals surface area (Å²) in [7, 11) is -2.75. The van der Waals surface area contributed by atoms with Crippen molar-refractivity contribution in [1.29, 1.82) is 0 Å². The molecule has 5 aromatic rings. The zero-order valence-corrected chi connectivity index (χ0v) is 26.5. The van der Waals surface area contributed by atoms with Crippen LogP contribution in [0.3, 0.4) is 0 Å². The number of hydrogen-bond acceptors (Lipinski definition) is 3. The summed E-state index contributed by atoms with van der Waals surface area (Å²) in [5.41, 5.74) is 3.56. The van der Waals surface area contributed by atoms with E-state index in [2.05, 4.69) is 172 Å². The fourth-order valence-corrected chi connectivity index (χ4v) is 12.1. The van der Waals surface area contributed by atoms with Crippen LogP contribution in [0.5, 0.6) is 0 Å². The molecule has 0 aliphatic rings. The summed E-state index contributed by atoms with van der Waals surface area (Å²) < 4.78 is 6.60. The van der Waals surface area contributed by atoms with E-state index in [1.807, 2.05) is 0 Å². The average molecular weight is 589 g/mol. The fourth-order valence-electron chi connectivity index (χ4n) is 6.02. The molecule has 0 heterocycles. The third-order valence-electron chi connectivity index (χ3n) is 7.94. The van der Waals surface area contributed by atoms with Crippen molar-refractivity contribution >= 4 is 30.5 Å². The summed E-state index contributed by atoms with van der Waals surface area (Å²) >= 11 is 1.77. The number of aliphatic hydroxyl groups excluding tert-OH is 1. The Morgan fingerprint density at radius 1 is 0.571 bits per heavy atom. The number of thioether (sulfide) groups is 1. The van der Waals surface area contributed by atoms with E-state index in [1.54, 1.807) is 11.8 Å². The third kappa shape index (κ3) is 6.04. The molecule has 0 aromatic heterocycles. The topological polar surface area (TPSA) is 29.5 Å². The molecule has 0 saturated heterocycles. The van der Waals surface area contributed by atoms with Crippen LogP contribution in [0.2, 0.25) is 5.04 Å². The molecule has 1 atom stereocenters. The number of benzene rings is 5. The smallest absolute Gasteiger partial charge is 0.261 e. The molecule has 0 radical (unpaired) electrons. The first-order valence-electron chi connectivity index (χ1n) is 14.6. The Morgan fingerprint density at radius 3 is 1.24 bits per heavy atom. The van der Waals surface area contributed by atoms with Crippen molar-refractivity contribution in [1.82, 2.24) is 0 Å². The zero-order valence-electron chi connectivity index (χ0n) is 24.7. The van der Waals surface area contributed by atoms with Crippen LogP contribution in [0.25, 0.3) is 0 Å². The van der Waals surface area contributed by atoms with Gasteiger partial charge in [-0.1, -0.05) is 172 Å². The Balaban J connectivity index is 1.49. The average Bonchev–Trinajstić information content (AvgIpc) is 3.04. The van der Waals surface area contributed by atoms with Gasteiger partial charge in [0, 0.05) is 5.75 Å². The van der Waals surface area contributed by atoms with E-state index in [9.17, 15) is 5.11 Å². The molecule has 42 heavy (non-hydrogen) atoms. The van der Waals surface area contributed by atoms with Gasteiger partial charge < -0.3 is 9.53 Å². The molecule has 2 nitrogen and oxygen atoms in total. The van der Waals surface area contributed by atoms with Gasteiger partial charge in [-0.15, -0.1) is 11.8 Å². The van der Waals surface area contributed by atoms with Crippen LogP contribution >= 0.6 is 11.8 Å². The first kappa shape index (κ1) is 30.1. The lowest BCUT2D eigenvalue weighted by molar-refractivity contribution is 0.120. The van der Waals surface area contributed by atoms with Crippen molar-refractivity contribution in [2.24, 2.45) is 0 Å². The first-order valence-corrected chi connectivity index (χ1v) is 17.5. The van der Waals surface area contributed by atoms with E-state index in [0.29, 0.717) is 5.75 Å². The van der Waals surface area contributed by atoms with E-state index in [4.69, 9.17) is 4.43 Å². The van der Waals surface area contributed by atoms with Crippen molar-refractivity contribution in [3.8, 4) is 0 Å². The Kier molecular flexibility index (Phi) is 9.49. The van der Waals surface area contributed by atoms with Crippen LogP contribution < -0.4 is 10.4 Å². The number of aliphatic hydroxyl groups is 1. The highest BCUT2D eigenvalue weighted by Crippen LogP contribution is 2.48. The lowest BCUT2D eigenvalue weighted by Crippen LogP contribution is -2.67. The lowest BCUT2D eigenvalue weighted by Gasteiger charge is -2.43. The van der Waals surface area contributed by atoms with Gasteiger partial charge in [-0.2, -0.15) is 0 Å². The van der Waals surface area contributed by atoms with Crippen LogP contribution in [0, 0.1) is 0 Å². The second-order valence-corrected chi connectivity index (χ2v) is 17.3. The van der Waals surface area contributed by atoms with Crippen molar-refractivity contribution in [3.63, 3.8) is 0 Å². The maximum atomic E-state index is 11.7. The van der Waals surface area contributed by atoms with Gasteiger partial charge in [0.25, 0.3) is 8.32 Å². The summed E-state index contributed by atoms with van der Waals surface area (Å²) in [6.45, 7) is 7.07. The molecular weight excluding hydrogens is 549 g/mol. The summed E-state index contributed by atoms with van der Waals surface area (Å²) in [6.07, 6.45) is -0.660. The highest BCUT2D eigenvalue weighted by atomic mass is 32.2. The first-order chi connectivity index (χ1) is 20.4. The van der Waals surface area contributed by atoms with Crippen LogP contribution in [-0.2, 0) is 9.17 Å². The fraction of sp³-hybridized carbons (Fsp3) is 0.211. The SMILES string of the molecule is CC(C)(C)[Si](OCC(O)CSC(c1ccccc1)(c1ccccc1)c1ccccc1)(c1ccccc1)c1ccccc1. The molecule has 0 amide bonds. The summed E-state index contributed by atoms with van der Waals surface area (Å²) in [4.78, 5) is 0. The second-order valence-electron chi connectivity index (χ2n) is 11.7. The van der Waals surface area contributed by atoms with Crippen LogP contribution in [0.4, 0.5) is 0 Å². The van der Waals surface area contributed by atoms with Crippen molar-refractivity contribution < 1.29 is 9.53 Å². The van der Waals surface area contributed by atoms with E-state index >= 15 is 0 Å². The predicted molar refractivity (Wildman–Crippen MR) is 181 cm³/mol. The van der Waals surface area contributed by atoms with Gasteiger partial charge in [0.2, 0.25) is 0 Å². The highest BCUT2D eigenvalue weighted by Gasteiger charge is 2.50. The summed E-state index contributed by atoms with van der Waals surface area (Å²) in [5, 5.41) is 13.9. The molecule has 1 N–H and O–H groups in total. The molecule has 0 fully saturated rings. The maximum absolute atomic E-state index is 11.7. The Morgan fingerprint density at radius 2 is 0.905 bits per heavy atom. The molecule has 214 valence electrons. The minimum Gasteiger partial charge on any atom is -0.405 e. The van der Waals surface area contributed by atoms with Gasteiger partial charge >= 0.3 is 0 Å². The van der Waals surface area contributed by atoms with Crippen molar-refractivity contribution in [2.75, 3.05) is 12.4 Å². The molecule has 4 heteroatoms. The van der Waals surface area contributed by atoms with Gasteiger partial charge in [0.15, 0.2) is 0 Å². The Labute approximate surface area is 256 Å². The molecule has 5 rings (SSSR count). The van der Waals surface area contributed by atoms with Crippen molar-refractivity contribution in [3.05, 3.63) is 168 Å². The van der Waals surface area contributed by atoms with Gasteiger partial charge in [-0.3, -0.25) is 0 Å². The summed E-state index contributed by atoms with van der Waals surface area (Å²) in [5.74, 6) is 0.511. The maximum Gasteiger partial charge on any atom is 0.261 e. The Hall–Kier alpha value is -3.41. The van der Waals surface area contributed by atoms with Crippen LogP contribution in [0.15, 0.2) is 152 Å². The normalized spacial score (nSPS) is 13.0. The monoisotopic (exact) mass is 588 g/mol. The van der Waals surface area contributed by atoms with Gasteiger partial charge in [0.05, 0.1) is 17.5 Å². The van der Waals surface area contributed by atoms with E-state index in [0.717, 1.165) is 0 Å². The van der Waals surface area contributed by atoms with Gasteiger partial charge in [-0.05, 0) is 32.1 Å². The van der Waals surface area contributed by atoms with E-state index in [-0.39, 0.29) is 11.6 Å². The number of hydrogen-bond donors (Lipinski definition) is 1. The predicted octanol–water partition coefficient (Wildman–Crippen LogP) is 7.65. The molecule has 0 saturated carbocycles. The lowest BCUT2D eigenvalue weighted by atomic mass is 9.84. The quantitative estimate of drug-likeness (QED) is 0.127. The van der Waals surface area contributed by atoms with E-state index in [1.165, 1.54) is 27.1 Å². The minimum absolute atomic E-state index is 0.148. The highest BCUT2D eigenvalue weighted by molar-refractivity contribution is 8.00. The molecule has 0 bridgehead atoms. The van der Waals surface area contributed by atoms with Crippen LogP contribution in [0.1, 0.15) is 37.5 Å². The standard InChI is InChI=1S/C38H40O2SSi/c1-37(2,3)42(35-25-15-7-16-26-35,36-27-17-8-18-28-36)40-29-34(39)30-41-38(31-19-9-4-10-20-31,32-21-11-5-12-22-32)33-23-13-6-14-24-33/h4-28,34,39H,29-30H2,1-3H3. The summed E-state index contributed by atoms with van der Waals surface area (Å²) in [6, 6.07) is 53.1.